The van der Waals surface area contributed by atoms with Gasteiger partial charge in [0.25, 0.3) is 0 Å². The molecule has 54 valence electrons. The van der Waals surface area contributed by atoms with Crippen molar-refractivity contribution in [3.63, 3.8) is 0 Å². The number of rotatable bonds is 1. The molecule has 0 unspecified atom stereocenters. The van der Waals surface area contributed by atoms with E-state index < -0.39 is 0 Å². The van der Waals surface area contributed by atoms with Gasteiger partial charge in [-0.2, -0.15) is 0 Å². The van der Waals surface area contributed by atoms with Gasteiger partial charge in [-0.1, -0.05) is 43.8 Å². The van der Waals surface area contributed by atoms with Crippen molar-refractivity contribution in [2.24, 2.45) is 0 Å². The fraction of sp³-hybridized carbons (Fsp3) is 0.111. The van der Waals surface area contributed by atoms with E-state index in [0.29, 0.717) is 0 Å². The van der Waals surface area contributed by atoms with Gasteiger partial charge in [0.2, 0.25) is 0 Å². The van der Waals surface area contributed by atoms with Crippen molar-refractivity contribution in [3.8, 4) is 0 Å². The Labute approximate surface area is 67.1 Å². The second-order valence-corrected chi connectivity index (χ2v) is 2.20. The molecule has 0 nitrogen and oxygen atoms in total. The van der Waals surface area contributed by atoms with Gasteiger partial charge in [-0.25, -0.2) is 0 Å². The van der Waals surface area contributed by atoms with Crippen LogP contribution in [0.3, 0.4) is 0 Å². The van der Waals surface area contributed by atoms with Gasteiger partial charge in [0, 0.05) is 5.02 Å². The maximum atomic E-state index is 5.68. The predicted molar refractivity (Wildman–Crippen MR) is 48.3 cm³/mol. The molecule has 0 bridgehead atoms. The summed E-state index contributed by atoms with van der Waals surface area (Å²) < 4.78 is 0. The summed E-state index contributed by atoms with van der Waals surface area (Å²) in [7, 11) is 0. The van der Waals surface area contributed by atoms with E-state index >= 15 is 0 Å². The second-order valence-electron chi connectivity index (χ2n) is 1.76. The van der Waals surface area contributed by atoms with Crippen molar-refractivity contribution in [1.29, 1.82) is 0 Å². The summed E-state index contributed by atoms with van der Waals surface area (Å²) in [5.74, 6) is 0. The molecule has 0 saturated heterocycles. The lowest BCUT2D eigenvalue weighted by Crippen LogP contribution is -1.67. The Kier molecular flexibility index (Phi) is 3.82. The normalized spacial score (nSPS) is 8.10. The van der Waals surface area contributed by atoms with Crippen LogP contribution >= 0.6 is 11.6 Å². The van der Waals surface area contributed by atoms with Crippen LogP contribution in [-0.4, -0.2) is 0 Å². The highest BCUT2D eigenvalue weighted by Gasteiger charge is 1.85. The van der Waals surface area contributed by atoms with Crippen molar-refractivity contribution in [2.75, 3.05) is 0 Å². The van der Waals surface area contributed by atoms with E-state index in [1.54, 1.807) is 6.08 Å². The summed E-state index contributed by atoms with van der Waals surface area (Å²) in [6, 6.07) is 7.57. The van der Waals surface area contributed by atoms with Gasteiger partial charge in [-0.3, -0.25) is 0 Å². The molecule has 0 radical (unpaired) electrons. The molecule has 1 heteroatoms. The van der Waals surface area contributed by atoms with E-state index in [1.807, 2.05) is 24.3 Å². The Hall–Kier alpha value is -0.750. The minimum atomic E-state index is 0. The standard InChI is InChI=1S/C8H7Cl.CH4/c1-2-7-4-3-5-8(9)6-7;/h2-6H,1H2;1H4. The Bertz CT molecular complexity index is 216. The molecule has 0 fully saturated rings. The minimum absolute atomic E-state index is 0. The smallest absolute Gasteiger partial charge is 0.0411 e. The fourth-order valence-corrected chi connectivity index (χ4v) is 0.832. The maximum Gasteiger partial charge on any atom is 0.0411 e. The Morgan fingerprint density at radius 1 is 1.40 bits per heavy atom. The highest BCUT2D eigenvalue weighted by Crippen LogP contribution is 2.10. The first-order valence-corrected chi connectivity index (χ1v) is 3.09. The molecule has 0 saturated carbocycles. The summed E-state index contributed by atoms with van der Waals surface area (Å²) in [4.78, 5) is 0. The SMILES string of the molecule is C.C=Cc1cccc(Cl)c1. The van der Waals surface area contributed by atoms with Gasteiger partial charge in [-0.15, -0.1) is 0 Å². The minimum Gasteiger partial charge on any atom is -0.0985 e. The summed E-state index contributed by atoms with van der Waals surface area (Å²) >= 11 is 5.68. The van der Waals surface area contributed by atoms with E-state index in [4.69, 9.17) is 11.6 Å². The molecule has 1 rings (SSSR count). The van der Waals surface area contributed by atoms with Crippen molar-refractivity contribution in [2.45, 2.75) is 7.43 Å². The van der Waals surface area contributed by atoms with Crippen LogP contribution in [0.15, 0.2) is 30.8 Å². The largest absolute Gasteiger partial charge is 0.0985 e. The molecule has 0 aromatic heterocycles. The van der Waals surface area contributed by atoms with Crippen molar-refractivity contribution in [3.05, 3.63) is 41.4 Å². The number of benzene rings is 1. The van der Waals surface area contributed by atoms with Crippen LogP contribution in [0.2, 0.25) is 5.02 Å². The molecule has 10 heavy (non-hydrogen) atoms. The van der Waals surface area contributed by atoms with E-state index in [9.17, 15) is 0 Å². The molecule has 0 amide bonds. The molecular formula is C9H11Cl. The predicted octanol–water partition coefficient (Wildman–Crippen LogP) is 3.62. The summed E-state index contributed by atoms with van der Waals surface area (Å²) in [5.41, 5.74) is 1.06. The lowest BCUT2D eigenvalue weighted by Gasteiger charge is -1.90. The molecule has 0 aliphatic rings. The Morgan fingerprint density at radius 3 is 2.50 bits per heavy atom. The highest BCUT2D eigenvalue weighted by molar-refractivity contribution is 6.30. The van der Waals surface area contributed by atoms with Crippen LogP contribution in [0.4, 0.5) is 0 Å². The van der Waals surface area contributed by atoms with Gasteiger partial charge >= 0.3 is 0 Å². The highest BCUT2D eigenvalue weighted by atomic mass is 35.5. The Balaban J connectivity index is 0.000000810. The van der Waals surface area contributed by atoms with E-state index in [2.05, 4.69) is 6.58 Å². The average Bonchev–Trinajstić information content (AvgIpc) is 1.88. The van der Waals surface area contributed by atoms with Crippen molar-refractivity contribution in [1.82, 2.24) is 0 Å². The van der Waals surface area contributed by atoms with Crippen LogP contribution in [-0.2, 0) is 0 Å². The zero-order chi connectivity index (χ0) is 6.69. The molecule has 0 spiro atoms. The number of hydrogen-bond donors (Lipinski definition) is 0. The van der Waals surface area contributed by atoms with E-state index in [-0.39, 0.29) is 7.43 Å². The summed E-state index contributed by atoms with van der Waals surface area (Å²) in [5, 5.41) is 0.757. The monoisotopic (exact) mass is 154 g/mol. The average molecular weight is 155 g/mol. The molecule has 1 aromatic rings. The van der Waals surface area contributed by atoms with Gasteiger partial charge in [0.1, 0.15) is 0 Å². The molecule has 0 aliphatic heterocycles. The third-order valence-corrected chi connectivity index (χ3v) is 1.32. The van der Waals surface area contributed by atoms with Crippen LogP contribution < -0.4 is 0 Å². The first kappa shape index (κ1) is 9.25. The van der Waals surface area contributed by atoms with Gasteiger partial charge in [0.15, 0.2) is 0 Å². The topological polar surface area (TPSA) is 0 Å². The molecule has 0 N–H and O–H groups in total. The molecule has 0 heterocycles. The van der Waals surface area contributed by atoms with Crippen molar-refractivity contribution < 1.29 is 0 Å². The quantitative estimate of drug-likeness (QED) is 0.580. The van der Waals surface area contributed by atoms with Crippen LogP contribution in [0.5, 0.6) is 0 Å². The molecular weight excluding hydrogens is 144 g/mol. The third-order valence-electron chi connectivity index (χ3n) is 1.08. The third kappa shape index (κ3) is 2.24. The first-order chi connectivity index (χ1) is 4.33. The lowest BCUT2D eigenvalue weighted by atomic mass is 10.2. The maximum absolute atomic E-state index is 5.68. The zero-order valence-electron chi connectivity index (χ0n) is 4.97. The summed E-state index contributed by atoms with van der Waals surface area (Å²) in [6.07, 6.45) is 1.77. The number of halogens is 1. The van der Waals surface area contributed by atoms with Gasteiger partial charge < -0.3 is 0 Å². The van der Waals surface area contributed by atoms with E-state index in [1.165, 1.54) is 0 Å². The Morgan fingerprint density at radius 2 is 2.10 bits per heavy atom. The van der Waals surface area contributed by atoms with Gasteiger partial charge in [-0.05, 0) is 17.7 Å². The molecule has 0 atom stereocenters. The van der Waals surface area contributed by atoms with Crippen LogP contribution in [0.1, 0.15) is 13.0 Å². The van der Waals surface area contributed by atoms with E-state index in [0.717, 1.165) is 10.6 Å². The lowest BCUT2D eigenvalue weighted by molar-refractivity contribution is 1.66. The van der Waals surface area contributed by atoms with Crippen LogP contribution in [0, 0.1) is 0 Å². The first-order valence-electron chi connectivity index (χ1n) is 2.71. The summed E-state index contributed by atoms with van der Waals surface area (Å²) in [6.45, 7) is 3.61. The zero-order valence-corrected chi connectivity index (χ0v) is 5.73. The molecule has 1 aromatic carbocycles. The number of hydrogen-bond acceptors (Lipinski definition) is 0. The van der Waals surface area contributed by atoms with Crippen LogP contribution in [0.25, 0.3) is 6.08 Å². The second kappa shape index (κ2) is 4.13. The molecule has 0 aliphatic carbocycles. The van der Waals surface area contributed by atoms with Crippen molar-refractivity contribution >= 4 is 17.7 Å². The van der Waals surface area contributed by atoms with Gasteiger partial charge in [0.05, 0.1) is 0 Å². The fourth-order valence-electron chi connectivity index (χ4n) is 0.634.